The minimum atomic E-state index is -1.06. The molecule has 4 rings (SSSR count). The van der Waals surface area contributed by atoms with Crippen molar-refractivity contribution in [1.29, 1.82) is 0 Å². The molecule has 1 heterocycles. The Morgan fingerprint density at radius 3 is 1.91 bits per heavy atom. The number of fused-ring (bicyclic) bond motifs is 4. The summed E-state index contributed by atoms with van der Waals surface area (Å²) in [6, 6.07) is 0. The molecule has 0 saturated heterocycles. The van der Waals surface area contributed by atoms with Gasteiger partial charge in [-0.05, 0) is 133 Å². The lowest BCUT2D eigenvalue weighted by molar-refractivity contribution is -0.170. The fourth-order valence-electron chi connectivity index (χ4n) is 11.3. The van der Waals surface area contributed by atoms with E-state index in [0.29, 0.717) is 19.8 Å². The van der Waals surface area contributed by atoms with Crippen molar-refractivity contribution < 1.29 is 42.9 Å². The number of rotatable bonds is 24. The van der Waals surface area contributed by atoms with Crippen LogP contribution in [-0.4, -0.2) is 78.5 Å². The Morgan fingerprint density at radius 1 is 0.734 bits per heavy atom. The van der Waals surface area contributed by atoms with Gasteiger partial charge in [0.15, 0.2) is 12.6 Å². The molecule has 0 aliphatic heterocycles. The summed E-state index contributed by atoms with van der Waals surface area (Å²) in [5.41, 5.74) is 0.00501. The SMILES string of the molecule is CCOC(=O)C(CC(C)C(=O)OCC(=O)CC)CC(C)(C)C(=O)OCOCCOCCn1cc(CCC2C[C@H]3CCCCC[C@H]4CC(CC(C)C)C[C@@H](CCCCC[C@@H](C2)C3)C4)nn1. The summed E-state index contributed by atoms with van der Waals surface area (Å²) in [4.78, 5) is 49.9. The van der Waals surface area contributed by atoms with E-state index in [1.807, 2.05) is 4.68 Å². The van der Waals surface area contributed by atoms with E-state index in [1.54, 1.807) is 34.6 Å². The highest BCUT2D eigenvalue weighted by Gasteiger charge is 2.38. The molecule has 12 heteroatoms. The third-order valence-corrected chi connectivity index (χ3v) is 14.5. The van der Waals surface area contributed by atoms with Gasteiger partial charge in [0.2, 0.25) is 0 Å². The van der Waals surface area contributed by atoms with E-state index in [4.69, 9.17) is 23.7 Å². The molecule has 0 N–H and O–H groups in total. The first-order valence-corrected chi connectivity index (χ1v) is 25.8. The van der Waals surface area contributed by atoms with E-state index >= 15 is 0 Å². The number of hydrogen-bond acceptors (Lipinski definition) is 11. The van der Waals surface area contributed by atoms with Crippen LogP contribution in [0.3, 0.4) is 0 Å². The molecular formula is C52H89N3O9. The summed E-state index contributed by atoms with van der Waals surface area (Å²) >= 11 is 0. The average Bonchev–Trinajstić information content (AvgIpc) is 3.72. The summed E-state index contributed by atoms with van der Waals surface area (Å²) in [5.74, 6) is 3.15. The minimum Gasteiger partial charge on any atom is -0.466 e. The van der Waals surface area contributed by atoms with Crippen molar-refractivity contribution in [2.45, 2.75) is 196 Å². The number of ether oxygens (including phenoxy) is 5. The molecule has 366 valence electrons. The molecule has 1 aromatic rings. The molecule has 12 nitrogen and oxygen atoms in total. The van der Waals surface area contributed by atoms with Crippen LogP contribution in [0.2, 0.25) is 0 Å². The topological polar surface area (TPSA) is 145 Å². The van der Waals surface area contributed by atoms with Gasteiger partial charge in [-0.2, -0.15) is 0 Å². The second kappa shape index (κ2) is 29.0. The number of nitrogens with zero attached hydrogens (tertiary/aromatic N) is 3. The predicted molar refractivity (Wildman–Crippen MR) is 249 cm³/mol. The summed E-state index contributed by atoms with van der Waals surface area (Å²) < 4.78 is 28.9. The van der Waals surface area contributed by atoms with Crippen molar-refractivity contribution in [3.05, 3.63) is 11.9 Å². The first kappa shape index (κ1) is 53.8. The third kappa shape index (κ3) is 20.3. The largest absolute Gasteiger partial charge is 0.466 e. The van der Waals surface area contributed by atoms with Crippen molar-refractivity contribution in [3.63, 3.8) is 0 Å². The Morgan fingerprint density at radius 2 is 1.33 bits per heavy atom. The van der Waals surface area contributed by atoms with Crippen molar-refractivity contribution in [2.75, 3.05) is 39.8 Å². The zero-order chi connectivity index (χ0) is 46.3. The molecule has 3 saturated carbocycles. The number of aromatic nitrogens is 3. The lowest BCUT2D eigenvalue weighted by Gasteiger charge is -2.37. The standard InChI is InChI=1S/C52H89N3O9/c1-8-48(56)36-63-49(57)39(5)27-46(50(58)62-9-2)34-52(6,7)51(59)64-37-61-25-24-60-23-22-55-35-47(53-54-55)21-20-44-30-40-16-12-10-14-18-42-29-43(33-45(32-42)26-38(3)4)19-15-11-13-17-41(28-40)31-44/h35,38-46H,8-34,36-37H2,1-7H3/t39?,40-,41+,42+,43-,44?,45?,46?. The van der Waals surface area contributed by atoms with E-state index in [-0.39, 0.29) is 51.7 Å². The van der Waals surface area contributed by atoms with Crippen LogP contribution in [0.5, 0.6) is 0 Å². The van der Waals surface area contributed by atoms with Gasteiger partial charge in [-0.3, -0.25) is 19.2 Å². The van der Waals surface area contributed by atoms with Crippen LogP contribution in [0.1, 0.15) is 189 Å². The smallest absolute Gasteiger partial charge is 0.313 e. The van der Waals surface area contributed by atoms with Crippen molar-refractivity contribution >= 4 is 23.7 Å². The van der Waals surface area contributed by atoms with E-state index in [1.165, 1.54) is 116 Å². The molecular weight excluding hydrogens is 811 g/mol. The summed E-state index contributed by atoms with van der Waals surface area (Å²) in [6.45, 7) is 14.5. The highest BCUT2D eigenvalue weighted by atomic mass is 16.7. The van der Waals surface area contributed by atoms with Crippen LogP contribution in [0.4, 0.5) is 0 Å². The van der Waals surface area contributed by atoms with Gasteiger partial charge in [-0.25, -0.2) is 4.68 Å². The normalized spacial score (nSPS) is 24.7. The molecule has 4 bridgehead atoms. The zero-order valence-corrected chi connectivity index (χ0v) is 41.3. The van der Waals surface area contributed by atoms with Gasteiger partial charge in [-0.1, -0.05) is 97.1 Å². The molecule has 8 atom stereocenters. The van der Waals surface area contributed by atoms with Crippen LogP contribution in [0, 0.1) is 58.7 Å². The number of aryl methyl sites for hydroxylation is 1. The van der Waals surface area contributed by atoms with Crippen molar-refractivity contribution in [3.8, 4) is 0 Å². The molecule has 4 unspecified atom stereocenters. The van der Waals surface area contributed by atoms with Crippen molar-refractivity contribution in [2.24, 2.45) is 58.7 Å². The van der Waals surface area contributed by atoms with Gasteiger partial charge in [0.25, 0.3) is 0 Å². The van der Waals surface area contributed by atoms with E-state index < -0.39 is 35.2 Å². The van der Waals surface area contributed by atoms with E-state index in [0.717, 1.165) is 53.5 Å². The number of carbonyl (C=O) groups is 4. The highest BCUT2D eigenvalue weighted by molar-refractivity contribution is 5.83. The Kier molecular flexibility index (Phi) is 24.4. The average molecular weight is 900 g/mol. The lowest BCUT2D eigenvalue weighted by Crippen LogP contribution is -2.34. The summed E-state index contributed by atoms with van der Waals surface area (Å²) in [7, 11) is 0. The maximum atomic E-state index is 13.0. The van der Waals surface area contributed by atoms with Gasteiger partial charge >= 0.3 is 17.9 Å². The number of esters is 3. The Labute approximate surface area is 387 Å². The van der Waals surface area contributed by atoms with Crippen LogP contribution in [0.15, 0.2) is 6.20 Å². The lowest BCUT2D eigenvalue weighted by atomic mass is 9.69. The van der Waals surface area contributed by atoms with Crippen LogP contribution >= 0.6 is 0 Å². The second-order valence-electron chi connectivity index (χ2n) is 21.3. The number of Topliss-reactive ketones (excluding diaryl/α,β-unsaturated/α-hetero) is 1. The summed E-state index contributed by atoms with van der Waals surface area (Å²) in [5, 5.41) is 8.89. The summed E-state index contributed by atoms with van der Waals surface area (Å²) in [6.07, 6.45) is 29.3. The fraction of sp³-hybridized carbons (Fsp3) is 0.885. The first-order chi connectivity index (χ1) is 30.7. The molecule has 3 aliphatic rings. The predicted octanol–water partition coefficient (Wildman–Crippen LogP) is 10.9. The molecule has 0 spiro atoms. The monoisotopic (exact) mass is 900 g/mol. The number of hydrogen-bond donors (Lipinski definition) is 0. The Hall–Kier alpha value is -2.86. The van der Waals surface area contributed by atoms with Crippen molar-refractivity contribution in [1.82, 2.24) is 15.0 Å². The van der Waals surface area contributed by atoms with Crippen LogP contribution in [0.25, 0.3) is 0 Å². The maximum absolute atomic E-state index is 13.0. The van der Waals surface area contributed by atoms with Gasteiger partial charge in [-0.15, -0.1) is 5.10 Å². The molecule has 0 radical (unpaired) electrons. The molecule has 0 aromatic carbocycles. The van der Waals surface area contributed by atoms with Crippen LogP contribution in [-0.2, 0) is 55.8 Å². The highest BCUT2D eigenvalue weighted by Crippen LogP contribution is 2.43. The van der Waals surface area contributed by atoms with E-state index in [9.17, 15) is 19.2 Å². The van der Waals surface area contributed by atoms with E-state index in [2.05, 4.69) is 30.4 Å². The van der Waals surface area contributed by atoms with Gasteiger partial charge in [0.1, 0.15) is 6.61 Å². The fourth-order valence-corrected chi connectivity index (χ4v) is 11.3. The number of carbonyl (C=O) groups excluding carboxylic acids is 4. The first-order valence-electron chi connectivity index (χ1n) is 25.8. The molecule has 3 aliphatic carbocycles. The maximum Gasteiger partial charge on any atom is 0.313 e. The Bertz CT molecular complexity index is 1480. The quantitative estimate of drug-likeness (QED) is 0.0423. The third-order valence-electron chi connectivity index (χ3n) is 14.5. The molecule has 0 amide bonds. The molecule has 1 aromatic heterocycles. The van der Waals surface area contributed by atoms with Gasteiger partial charge in [0, 0.05) is 12.6 Å². The van der Waals surface area contributed by atoms with Crippen LogP contribution < -0.4 is 0 Å². The zero-order valence-electron chi connectivity index (χ0n) is 41.3. The Balaban J connectivity index is 1.10. The number of ketones is 1. The molecule has 3 fully saturated rings. The second-order valence-corrected chi connectivity index (χ2v) is 21.3. The van der Waals surface area contributed by atoms with Gasteiger partial charge in [0.05, 0.1) is 55.9 Å². The minimum absolute atomic E-state index is 0.102. The molecule has 64 heavy (non-hydrogen) atoms. The van der Waals surface area contributed by atoms with Gasteiger partial charge < -0.3 is 23.7 Å².